The molecular formula is C43H54O11. The third kappa shape index (κ3) is 12.4. The minimum absolute atomic E-state index is 0.168. The average Bonchev–Trinajstić information content (AvgIpc) is 3.16. The van der Waals surface area contributed by atoms with Crippen molar-refractivity contribution in [3.05, 3.63) is 89.5 Å². The maximum absolute atomic E-state index is 12.7. The van der Waals surface area contributed by atoms with Crippen molar-refractivity contribution in [2.24, 2.45) is 10.8 Å². The van der Waals surface area contributed by atoms with Gasteiger partial charge in [-0.1, -0.05) is 20.3 Å². The Kier molecular flexibility index (Phi) is 15.9. The van der Waals surface area contributed by atoms with Crippen LogP contribution in [0.1, 0.15) is 96.3 Å². The monoisotopic (exact) mass is 746 g/mol. The third-order valence-electron chi connectivity index (χ3n) is 10.0. The van der Waals surface area contributed by atoms with Crippen LogP contribution >= 0.6 is 0 Å². The van der Waals surface area contributed by atoms with Crippen LogP contribution in [0.2, 0.25) is 0 Å². The highest BCUT2D eigenvalue weighted by Crippen LogP contribution is 2.32. The fraction of sp³-hybridized carbons (Fsp3) is 0.512. The maximum Gasteiger partial charge on any atom is 0.343 e. The highest BCUT2D eigenvalue weighted by atomic mass is 16.5. The van der Waals surface area contributed by atoms with Gasteiger partial charge in [0.15, 0.2) is 0 Å². The molecular weight excluding hydrogens is 692 g/mol. The molecule has 2 saturated heterocycles. The second-order valence-electron chi connectivity index (χ2n) is 14.3. The number of unbranched alkanes of at least 4 members (excludes halogenated alkanes) is 4. The largest absolute Gasteiger partial charge is 0.494 e. The molecule has 5 rings (SSSR count). The molecule has 0 N–H and O–H groups in total. The molecule has 2 fully saturated rings. The van der Waals surface area contributed by atoms with Gasteiger partial charge in [0.2, 0.25) is 0 Å². The van der Waals surface area contributed by atoms with Crippen molar-refractivity contribution in [1.29, 1.82) is 0 Å². The Morgan fingerprint density at radius 2 is 0.889 bits per heavy atom. The molecule has 0 saturated carbocycles. The van der Waals surface area contributed by atoms with E-state index >= 15 is 0 Å². The number of benzene rings is 3. The molecule has 292 valence electrons. The third-order valence-corrected chi connectivity index (χ3v) is 10.0. The summed E-state index contributed by atoms with van der Waals surface area (Å²) in [4.78, 5) is 37.8. The number of carbonyl (C=O) groups excluding carboxylic acids is 3. The molecule has 0 unspecified atom stereocenters. The fourth-order valence-corrected chi connectivity index (χ4v) is 5.88. The topological polar surface area (TPSA) is 125 Å². The second-order valence-corrected chi connectivity index (χ2v) is 14.3. The zero-order chi connectivity index (χ0) is 38.1. The Balaban J connectivity index is 0.927. The van der Waals surface area contributed by atoms with Gasteiger partial charge < -0.3 is 37.9 Å². The smallest absolute Gasteiger partial charge is 0.343 e. The molecule has 0 amide bonds. The van der Waals surface area contributed by atoms with Crippen LogP contribution in [0.5, 0.6) is 17.2 Å². The molecule has 3 aromatic rings. The molecule has 11 heteroatoms. The minimum Gasteiger partial charge on any atom is -0.494 e. The first-order valence-corrected chi connectivity index (χ1v) is 19.2. The predicted octanol–water partition coefficient (Wildman–Crippen LogP) is 7.89. The van der Waals surface area contributed by atoms with Crippen LogP contribution < -0.4 is 14.2 Å². The molecule has 0 aliphatic carbocycles. The summed E-state index contributed by atoms with van der Waals surface area (Å²) in [6.07, 6.45) is 7.76. The van der Waals surface area contributed by atoms with Crippen molar-refractivity contribution >= 4 is 17.9 Å². The number of ether oxygens (including phenoxy) is 8. The van der Waals surface area contributed by atoms with E-state index in [2.05, 4.69) is 13.8 Å². The van der Waals surface area contributed by atoms with Crippen molar-refractivity contribution in [3.8, 4) is 17.2 Å². The molecule has 0 radical (unpaired) electrons. The second kappa shape index (κ2) is 21.0. The molecule has 2 heterocycles. The van der Waals surface area contributed by atoms with Crippen molar-refractivity contribution in [1.82, 2.24) is 0 Å². The van der Waals surface area contributed by atoms with Gasteiger partial charge in [-0.3, -0.25) is 0 Å². The standard InChI is InChI=1S/C43H54O11/c1-3-42(29-49-30-42)27-47-23-7-5-6-8-25-51-36-17-11-34(12-18-36)40(45)54-38-21-15-35(16-22-38)41(46)53-37-19-13-33(14-20-37)39(44)52-26-10-9-24-48-28-43(4-2)31-50-32-43/h11-22H,3-10,23-32H2,1-2H3. The van der Waals surface area contributed by atoms with Gasteiger partial charge in [-0.25, -0.2) is 14.4 Å². The van der Waals surface area contributed by atoms with Gasteiger partial charge >= 0.3 is 17.9 Å². The van der Waals surface area contributed by atoms with Crippen LogP contribution in [0.3, 0.4) is 0 Å². The Bertz CT molecular complexity index is 1580. The molecule has 3 aromatic carbocycles. The Morgan fingerprint density at radius 1 is 0.500 bits per heavy atom. The number of carbonyl (C=O) groups is 3. The van der Waals surface area contributed by atoms with E-state index in [4.69, 9.17) is 37.9 Å². The SMILES string of the molecule is CCC1(COCCCCCCOc2ccc(C(=O)Oc3ccc(C(=O)Oc4ccc(C(=O)OCCCCOCC5(CC)COC5)cc4)cc3)cc2)COC1. The van der Waals surface area contributed by atoms with Gasteiger partial charge in [0, 0.05) is 24.0 Å². The lowest BCUT2D eigenvalue weighted by atomic mass is 9.84. The summed E-state index contributed by atoms with van der Waals surface area (Å²) in [5.41, 5.74) is 1.41. The maximum atomic E-state index is 12.7. The van der Waals surface area contributed by atoms with Gasteiger partial charge in [-0.05, 0) is 118 Å². The summed E-state index contributed by atoms with van der Waals surface area (Å²) in [6.45, 7) is 11.3. The molecule has 2 aliphatic rings. The first-order chi connectivity index (χ1) is 26.3. The van der Waals surface area contributed by atoms with Gasteiger partial charge in [-0.2, -0.15) is 0 Å². The first kappa shape index (κ1) is 40.9. The molecule has 11 nitrogen and oxygen atoms in total. The fourth-order valence-electron chi connectivity index (χ4n) is 5.88. The lowest BCUT2D eigenvalue weighted by molar-refractivity contribution is -0.150. The van der Waals surface area contributed by atoms with E-state index in [-0.39, 0.29) is 27.9 Å². The lowest BCUT2D eigenvalue weighted by Crippen LogP contribution is -2.45. The van der Waals surface area contributed by atoms with Gasteiger partial charge in [0.25, 0.3) is 0 Å². The summed E-state index contributed by atoms with van der Waals surface area (Å²) in [5, 5.41) is 0. The molecule has 0 atom stereocenters. The van der Waals surface area contributed by atoms with Crippen LogP contribution in [-0.2, 0) is 23.7 Å². The van der Waals surface area contributed by atoms with Gasteiger partial charge in [0.1, 0.15) is 17.2 Å². The number of esters is 3. The zero-order valence-electron chi connectivity index (χ0n) is 31.6. The lowest BCUT2D eigenvalue weighted by Gasteiger charge is -2.40. The molecule has 2 aliphatic heterocycles. The van der Waals surface area contributed by atoms with Crippen LogP contribution in [0.4, 0.5) is 0 Å². The molecule has 54 heavy (non-hydrogen) atoms. The summed E-state index contributed by atoms with van der Waals surface area (Å²) < 4.78 is 44.4. The molecule has 0 bridgehead atoms. The predicted molar refractivity (Wildman–Crippen MR) is 201 cm³/mol. The van der Waals surface area contributed by atoms with Crippen LogP contribution in [0.15, 0.2) is 72.8 Å². The average molecular weight is 747 g/mol. The Labute approximate surface area is 318 Å². The van der Waals surface area contributed by atoms with E-state index in [1.165, 1.54) is 36.4 Å². The molecule has 0 spiro atoms. The van der Waals surface area contributed by atoms with E-state index in [1.54, 1.807) is 36.4 Å². The Morgan fingerprint density at radius 3 is 1.31 bits per heavy atom. The highest BCUT2D eigenvalue weighted by molar-refractivity contribution is 5.93. The van der Waals surface area contributed by atoms with E-state index in [0.717, 1.165) is 84.6 Å². The van der Waals surface area contributed by atoms with Gasteiger partial charge in [0.05, 0.1) is 69.5 Å². The molecule has 0 aromatic heterocycles. The summed E-state index contributed by atoms with van der Waals surface area (Å²) in [6, 6.07) is 19.1. The van der Waals surface area contributed by atoms with E-state index in [1.807, 2.05) is 0 Å². The number of hydrogen-bond donors (Lipinski definition) is 0. The summed E-state index contributed by atoms with van der Waals surface area (Å²) in [7, 11) is 0. The summed E-state index contributed by atoms with van der Waals surface area (Å²) in [5.74, 6) is -0.314. The van der Waals surface area contributed by atoms with Crippen LogP contribution in [0, 0.1) is 10.8 Å². The van der Waals surface area contributed by atoms with E-state index in [9.17, 15) is 14.4 Å². The zero-order valence-corrected chi connectivity index (χ0v) is 31.6. The normalized spacial score (nSPS) is 15.4. The highest BCUT2D eigenvalue weighted by Gasteiger charge is 2.37. The van der Waals surface area contributed by atoms with E-state index in [0.29, 0.717) is 49.7 Å². The van der Waals surface area contributed by atoms with Gasteiger partial charge in [-0.15, -0.1) is 0 Å². The van der Waals surface area contributed by atoms with Crippen LogP contribution in [0.25, 0.3) is 0 Å². The van der Waals surface area contributed by atoms with Crippen molar-refractivity contribution in [2.45, 2.75) is 65.2 Å². The first-order valence-electron chi connectivity index (χ1n) is 19.2. The number of hydrogen-bond acceptors (Lipinski definition) is 11. The van der Waals surface area contributed by atoms with Crippen LogP contribution in [-0.4, -0.2) is 84.0 Å². The minimum atomic E-state index is -0.593. The Hall–Kier alpha value is -4.29. The quantitative estimate of drug-likeness (QED) is 0.0505. The summed E-state index contributed by atoms with van der Waals surface area (Å²) >= 11 is 0. The van der Waals surface area contributed by atoms with Crippen molar-refractivity contribution in [3.63, 3.8) is 0 Å². The van der Waals surface area contributed by atoms with Crippen molar-refractivity contribution in [2.75, 3.05) is 66.1 Å². The van der Waals surface area contributed by atoms with Crippen molar-refractivity contribution < 1.29 is 52.3 Å². The number of rotatable bonds is 24. The van der Waals surface area contributed by atoms with E-state index < -0.39 is 17.9 Å².